The number of fused-ring (bicyclic) bond motifs is 1. The van der Waals surface area contributed by atoms with E-state index in [1.165, 1.54) is 12.6 Å². The van der Waals surface area contributed by atoms with Gasteiger partial charge >= 0.3 is 0 Å². The van der Waals surface area contributed by atoms with Gasteiger partial charge in [0.05, 0.1) is 42.1 Å². The van der Waals surface area contributed by atoms with Crippen LogP contribution >= 0.6 is 11.3 Å². The highest BCUT2D eigenvalue weighted by Gasteiger charge is 2.25. The fraction of sp³-hybridized carbons (Fsp3) is 0.560. The number of piperidine rings is 1. The number of ether oxygens (including phenoxy) is 2. The molecular weight excluding hydrogens is 492 g/mol. The number of anilines is 4. The molecular formula is C25H32N8O3S. The third-order valence-electron chi connectivity index (χ3n) is 7.19. The average molecular weight is 525 g/mol. The summed E-state index contributed by atoms with van der Waals surface area (Å²) in [6.07, 6.45) is 7.74. The van der Waals surface area contributed by atoms with Crippen LogP contribution in [0.1, 0.15) is 36.2 Å². The van der Waals surface area contributed by atoms with Crippen LogP contribution in [-0.4, -0.2) is 91.5 Å². The zero-order valence-electron chi connectivity index (χ0n) is 21.1. The Morgan fingerprint density at radius 2 is 1.86 bits per heavy atom. The molecule has 3 aromatic heterocycles. The van der Waals surface area contributed by atoms with Gasteiger partial charge < -0.3 is 29.5 Å². The lowest BCUT2D eigenvalue weighted by molar-refractivity contribution is 0.102. The molecule has 0 bridgehead atoms. The summed E-state index contributed by atoms with van der Waals surface area (Å²) in [5.74, 6) is 1.16. The van der Waals surface area contributed by atoms with Crippen molar-refractivity contribution in [2.75, 3.05) is 79.6 Å². The summed E-state index contributed by atoms with van der Waals surface area (Å²) in [4.78, 5) is 38.7. The first-order valence-corrected chi connectivity index (χ1v) is 13.8. The number of thiazole rings is 1. The summed E-state index contributed by atoms with van der Waals surface area (Å²) in [5, 5.41) is 4.04. The van der Waals surface area contributed by atoms with Gasteiger partial charge in [0.2, 0.25) is 0 Å². The number of methoxy groups -OCH3 is 1. The van der Waals surface area contributed by atoms with Gasteiger partial charge in [0.25, 0.3) is 5.91 Å². The molecule has 0 aromatic carbocycles. The maximum atomic E-state index is 13.4. The molecule has 3 aliphatic heterocycles. The number of hydrogen-bond acceptors (Lipinski definition) is 11. The normalized spacial score (nSPS) is 20.6. The molecule has 11 nitrogen and oxygen atoms in total. The van der Waals surface area contributed by atoms with E-state index in [1.54, 1.807) is 24.6 Å². The Labute approximate surface area is 219 Å². The van der Waals surface area contributed by atoms with Crippen LogP contribution < -0.4 is 20.0 Å². The summed E-state index contributed by atoms with van der Waals surface area (Å²) in [6.45, 7) is 6.43. The van der Waals surface area contributed by atoms with Crippen molar-refractivity contribution in [2.45, 2.75) is 31.8 Å². The second-order valence-electron chi connectivity index (χ2n) is 9.63. The maximum Gasteiger partial charge on any atom is 0.276 e. The summed E-state index contributed by atoms with van der Waals surface area (Å²) < 4.78 is 11.9. The number of nitrogens with zero attached hydrogens (tertiary/aromatic N) is 7. The topological polar surface area (TPSA) is 109 Å². The first-order chi connectivity index (χ1) is 18.2. The predicted octanol–water partition coefficient (Wildman–Crippen LogP) is 2.79. The zero-order chi connectivity index (χ0) is 25.2. The smallest absolute Gasteiger partial charge is 0.276 e. The van der Waals surface area contributed by atoms with Crippen LogP contribution in [0.3, 0.4) is 0 Å². The van der Waals surface area contributed by atoms with E-state index < -0.39 is 0 Å². The second-order valence-corrected chi connectivity index (χ2v) is 10.6. The molecule has 6 rings (SSSR count). The summed E-state index contributed by atoms with van der Waals surface area (Å²) in [6, 6.07) is 2.01. The Balaban J connectivity index is 1.29. The molecule has 3 aliphatic rings. The summed E-state index contributed by atoms with van der Waals surface area (Å²) in [5.41, 5.74) is 1.68. The number of nitrogens with one attached hydrogen (secondary N) is 1. The minimum absolute atomic E-state index is 0.172. The minimum Gasteiger partial charge on any atom is -0.380 e. The van der Waals surface area contributed by atoms with Gasteiger partial charge in [-0.1, -0.05) is 11.3 Å². The Hall–Kier alpha value is -3.09. The number of carbonyl (C=O) groups is 1. The fourth-order valence-electron chi connectivity index (χ4n) is 5.10. The number of hydrogen-bond donors (Lipinski definition) is 1. The van der Waals surface area contributed by atoms with Crippen molar-refractivity contribution in [2.24, 2.45) is 0 Å². The number of pyridine rings is 1. The van der Waals surface area contributed by atoms with Gasteiger partial charge in [0.1, 0.15) is 11.5 Å². The highest BCUT2D eigenvalue weighted by molar-refractivity contribution is 7.22. The number of carbonyl (C=O) groups excluding carboxylic acids is 1. The third-order valence-corrected chi connectivity index (χ3v) is 8.25. The molecule has 3 saturated heterocycles. The lowest BCUT2D eigenvalue weighted by atomic mass is 10.1. The van der Waals surface area contributed by atoms with Crippen molar-refractivity contribution in [3.05, 3.63) is 24.2 Å². The van der Waals surface area contributed by atoms with E-state index in [4.69, 9.17) is 19.4 Å². The molecule has 1 amide bonds. The van der Waals surface area contributed by atoms with E-state index >= 15 is 0 Å². The Bertz CT molecular complexity index is 1260. The van der Waals surface area contributed by atoms with E-state index in [2.05, 4.69) is 30.0 Å². The van der Waals surface area contributed by atoms with Gasteiger partial charge in [-0.05, 0) is 31.7 Å². The van der Waals surface area contributed by atoms with Crippen molar-refractivity contribution in [1.29, 1.82) is 0 Å². The summed E-state index contributed by atoms with van der Waals surface area (Å²) in [7, 11) is 1.72. The quantitative estimate of drug-likeness (QED) is 0.517. The van der Waals surface area contributed by atoms with E-state index in [-0.39, 0.29) is 17.7 Å². The molecule has 3 aromatic rings. The second kappa shape index (κ2) is 10.7. The predicted molar refractivity (Wildman–Crippen MR) is 144 cm³/mol. The lowest BCUT2D eigenvalue weighted by Crippen LogP contribution is -2.36. The van der Waals surface area contributed by atoms with Crippen LogP contribution in [0, 0.1) is 0 Å². The molecule has 6 heterocycles. The van der Waals surface area contributed by atoms with E-state index in [0.29, 0.717) is 30.4 Å². The number of morpholine rings is 1. The van der Waals surface area contributed by atoms with Crippen molar-refractivity contribution in [3.63, 3.8) is 0 Å². The fourth-order valence-corrected chi connectivity index (χ4v) is 6.10. The van der Waals surface area contributed by atoms with Crippen LogP contribution in [0.2, 0.25) is 0 Å². The molecule has 1 N–H and O–H groups in total. The molecule has 12 heteroatoms. The molecule has 0 saturated carbocycles. The van der Waals surface area contributed by atoms with Gasteiger partial charge in [-0.25, -0.2) is 9.97 Å². The monoisotopic (exact) mass is 524 g/mol. The van der Waals surface area contributed by atoms with Crippen molar-refractivity contribution < 1.29 is 14.3 Å². The minimum atomic E-state index is -0.297. The first kappa shape index (κ1) is 24.3. The molecule has 3 fully saturated rings. The lowest BCUT2D eigenvalue weighted by Gasteiger charge is -2.29. The number of rotatable bonds is 6. The van der Waals surface area contributed by atoms with E-state index in [1.807, 2.05) is 6.07 Å². The average Bonchev–Trinajstić information content (AvgIpc) is 3.61. The van der Waals surface area contributed by atoms with Crippen molar-refractivity contribution in [3.8, 4) is 0 Å². The van der Waals surface area contributed by atoms with Gasteiger partial charge in [0, 0.05) is 46.4 Å². The zero-order valence-corrected chi connectivity index (χ0v) is 21.9. The van der Waals surface area contributed by atoms with Crippen molar-refractivity contribution in [1.82, 2.24) is 19.9 Å². The van der Waals surface area contributed by atoms with Gasteiger partial charge in [-0.15, -0.1) is 0 Å². The largest absolute Gasteiger partial charge is 0.380 e. The Morgan fingerprint density at radius 3 is 2.65 bits per heavy atom. The third kappa shape index (κ3) is 5.18. The van der Waals surface area contributed by atoms with Crippen LogP contribution in [0.5, 0.6) is 0 Å². The van der Waals surface area contributed by atoms with Gasteiger partial charge in [-0.2, -0.15) is 4.98 Å². The Morgan fingerprint density at radius 1 is 1.03 bits per heavy atom. The molecule has 0 spiro atoms. The molecule has 37 heavy (non-hydrogen) atoms. The SMILES string of the molecule is COC1CCN(c2cncc(C(=O)Nc3cc4sc(N5CCOCC5)nc4nc3N3CCCCC3)n2)C1. The molecule has 1 atom stereocenters. The molecule has 196 valence electrons. The first-order valence-electron chi connectivity index (χ1n) is 13.0. The number of amides is 1. The Kier molecular flexibility index (Phi) is 7.03. The van der Waals surface area contributed by atoms with Gasteiger partial charge in [-0.3, -0.25) is 9.78 Å². The van der Waals surface area contributed by atoms with Crippen LogP contribution in [-0.2, 0) is 9.47 Å². The van der Waals surface area contributed by atoms with E-state index in [0.717, 1.165) is 74.2 Å². The standard InChI is InChI=1S/C25H32N8O3S/c1-35-17-5-8-33(16-17)21-15-26-14-19(27-21)24(34)28-18-13-20-22(29-23(18)31-6-3-2-4-7-31)30-25(37-20)32-9-11-36-12-10-32/h13-15,17H,2-12,16H2,1H3,(H,28,34). The maximum absolute atomic E-state index is 13.4. The van der Waals surface area contributed by atoms with Crippen LogP contribution in [0.15, 0.2) is 18.5 Å². The van der Waals surface area contributed by atoms with Crippen LogP contribution in [0.25, 0.3) is 10.3 Å². The highest BCUT2D eigenvalue weighted by atomic mass is 32.1. The molecule has 0 radical (unpaired) electrons. The van der Waals surface area contributed by atoms with Gasteiger partial charge in [0.15, 0.2) is 16.6 Å². The van der Waals surface area contributed by atoms with E-state index in [9.17, 15) is 4.79 Å². The van der Waals surface area contributed by atoms with Crippen molar-refractivity contribution >= 4 is 50.0 Å². The number of aromatic nitrogens is 4. The molecule has 0 aliphatic carbocycles. The van der Waals surface area contributed by atoms with Crippen LogP contribution in [0.4, 0.5) is 22.5 Å². The highest BCUT2D eigenvalue weighted by Crippen LogP contribution is 2.35. The molecule has 1 unspecified atom stereocenters. The summed E-state index contributed by atoms with van der Waals surface area (Å²) >= 11 is 1.60.